The number of hydrogen-bond acceptors (Lipinski definition) is 5. The fraction of sp³-hybridized carbons (Fsp3) is 0.333. The molecule has 1 heterocycles. The second-order valence-corrected chi connectivity index (χ2v) is 4.84. The first-order valence-corrected chi connectivity index (χ1v) is 5.84. The molecule has 0 spiro atoms. The fourth-order valence-electron chi connectivity index (χ4n) is 0.790. The third-order valence-corrected chi connectivity index (χ3v) is 2.66. The molecule has 0 aliphatic carbocycles. The van der Waals surface area contributed by atoms with Crippen molar-refractivity contribution in [2.75, 3.05) is 0 Å². The molecule has 5 nitrogen and oxygen atoms in total. The molecule has 0 aromatic carbocycles. The molecule has 0 amide bonds. The molecule has 0 aliphatic heterocycles. The molecule has 19 heavy (non-hydrogen) atoms. The smallest absolute Gasteiger partial charge is 0.355 e. The first-order chi connectivity index (χ1) is 8.33. The van der Waals surface area contributed by atoms with E-state index in [1.165, 1.54) is 4.98 Å². The van der Waals surface area contributed by atoms with Crippen molar-refractivity contribution in [2.24, 2.45) is 0 Å². The van der Waals surface area contributed by atoms with E-state index in [-0.39, 0.29) is 6.07 Å². The quantitative estimate of drug-likeness (QED) is 0.391. The van der Waals surface area contributed by atoms with Crippen molar-refractivity contribution in [3.63, 3.8) is 0 Å². The van der Waals surface area contributed by atoms with Gasteiger partial charge in [-0.05, 0) is 12.2 Å². The Morgan fingerprint density at radius 3 is 2.16 bits per heavy atom. The molecule has 1 aromatic heterocycles. The van der Waals surface area contributed by atoms with E-state index >= 15 is 0 Å². The second-order valence-electron chi connectivity index (χ2n) is 2.92. The van der Waals surface area contributed by atoms with Crippen molar-refractivity contribution in [3.05, 3.63) is 16.5 Å². The number of nitrogens with zero attached hydrogens (tertiary/aromatic N) is 1. The zero-order valence-electron chi connectivity index (χ0n) is 8.33. The van der Waals surface area contributed by atoms with Crippen molar-refractivity contribution in [3.8, 4) is 5.88 Å². The number of halogens is 6. The largest absolute Gasteiger partial charge is 0.534 e. The average Bonchev–Trinajstić information content (AvgIpc) is 2.12. The first kappa shape index (κ1) is 15.7. The number of hydrogen-bond donors (Lipinski definition) is 1. The van der Waals surface area contributed by atoms with Crippen molar-refractivity contribution < 1.29 is 38.9 Å². The minimum absolute atomic E-state index is 0.0565. The van der Waals surface area contributed by atoms with Crippen LogP contribution in [0.25, 0.3) is 0 Å². The summed E-state index contributed by atoms with van der Waals surface area (Å²) < 4.78 is 96.4. The van der Waals surface area contributed by atoms with E-state index in [1.807, 2.05) is 0 Å². The zero-order valence-corrected chi connectivity index (χ0v) is 9.97. The highest BCUT2D eigenvalue weighted by Crippen LogP contribution is 2.31. The van der Waals surface area contributed by atoms with Crippen LogP contribution in [0, 0.1) is 4.77 Å². The molecular weight excluding hydrogens is 326 g/mol. The second kappa shape index (κ2) is 4.63. The summed E-state index contributed by atoms with van der Waals surface area (Å²) in [4.78, 5) is 4.44. The lowest BCUT2D eigenvalue weighted by atomic mass is 10.4. The van der Waals surface area contributed by atoms with E-state index in [2.05, 4.69) is 21.4 Å². The Bertz CT molecular complexity index is 632. The topological polar surface area (TPSA) is 72.1 Å². The lowest BCUT2D eigenvalue weighted by Crippen LogP contribution is -2.28. The van der Waals surface area contributed by atoms with E-state index < -0.39 is 38.1 Å². The number of alkyl halides is 6. The molecule has 0 aliphatic rings. The van der Waals surface area contributed by atoms with Crippen LogP contribution in [-0.2, 0) is 16.3 Å². The maximum Gasteiger partial charge on any atom is 0.534 e. The van der Waals surface area contributed by atoms with Gasteiger partial charge in [-0.15, -0.1) is 0 Å². The third-order valence-electron chi connectivity index (χ3n) is 1.51. The van der Waals surface area contributed by atoms with Crippen molar-refractivity contribution in [2.45, 2.75) is 11.7 Å². The Kier molecular flexibility index (Phi) is 3.82. The van der Waals surface area contributed by atoms with Crippen LogP contribution < -0.4 is 4.18 Å². The number of rotatable bonds is 2. The van der Waals surface area contributed by atoms with Crippen LogP contribution >= 0.6 is 12.2 Å². The van der Waals surface area contributed by atoms with Crippen molar-refractivity contribution in [1.29, 1.82) is 0 Å². The molecule has 0 bridgehead atoms. The minimum Gasteiger partial charge on any atom is -0.355 e. The van der Waals surface area contributed by atoms with Gasteiger partial charge >= 0.3 is 21.8 Å². The Morgan fingerprint density at radius 1 is 1.21 bits per heavy atom. The Balaban J connectivity index is 3.25. The summed E-state index contributed by atoms with van der Waals surface area (Å²) in [6.45, 7) is 0. The molecular formula is C6H2F6N2O3S2. The first-order valence-electron chi connectivity index (χ1n) is 4.02. The van der Waals surface area contributed by atoms with E-state index in [1.54, 1.807) is 0 Å². The van der Waals surface area contributed by atoms with Crippen molar-refractivity contribution >= 4 is 22.3 Å². The van der Waals surface area contributed by atoms with Gasteiger partial charge < -0.3 is 9.17 Å². The van der Waals surface area contributed by atoms with Crippen LogP contribution in [0.3, 0.4) is 0 Å². The number of aromatic amines is 1. The molecule has 0 fully saturated rings. The lowest BCUT2D eigenvalue weighted by Gasteiger charge is -2.10. The van der Waals surface area contributed by atoms with Crippen LogP contribution in [0.2, 0.25) is 0 Å². The summed E-state index contributed by atoms with van der Waals surface area (Å²) in [5, 5.41) is 0. The van der Waals surface area contributed by atoms with Gasteiger partial charge in [-0.3, -0.25) is 0 Å². The van der Waals surface area contributed by atoms with Crippen molar-refractivity contribution in [1.82, 2.24) is 9.97 Å². The van der Waals surface area contributed by atoms with Gasteiger partial charge in [0.25, 0.3) is 0 Å². The lowest BCUT2D eigenvalue weighted by molar-refractivity contribution is -0.141. The highest BCUT2D eigenvalue weighted by atomic mass is 32.2. The van der Waals surface area contributed by atoms with Gasteiger partial charge in [0, 0.05) is 6.07 Å². The van der Waals surface area contributed by atoms with Gasteiger partial charge in [-0.25, -0.2) is 0 Å². The van der Waals surface area contributed by atoms with Gasteiger partial charge in [-0.1, -0.05) is 0 Å². The molecule has 0 saturated heterocycles. The van der Waals surface area contributed by atoms with E-state index in [9.17, 15) is 34.8 Å². The Labute approximate surface area is 106 Å². The van der Waals surface area contributed by atoms with Gasteiger partial charge in [0.15, 0.2) is 0 Å². The van der Waals surface area contributed by atoms with Gasteiger partial charge in [0.05, 0.1) is 0 Å². The molecule has 0 atom stereocenters. The maximum atomic E-state index is 12.3. The van der Waals surface area contributed by atoms with E-state index in [4.69, 9.17) is 0 Å². The average molecular weight is 328 g/mol. The van der Waals surface area contributed by atoms with Crippen LogP contribution in [0.15, 0.2) is 6.07 Å². The molecule has 1 N–H and O–H groups in total. The molecule has 0 saturated carbocycles. The number of nitrogens with one attached hydrogen (secondary N) is 1. The molecule has 1 rings (SSSR count). The molecule has 0 radical (unpaired) electrons. The highest BCUT2D eigenvalue weighted by Gasteiger charge is 2.49. The number of aromatic nitrogens is 2. The normalized spacial score (nSPS) is 13.4. The fourth-order valence-corrected chi connectivity index (χ4v) is 1.39. The highest BCUT2D eigenvalue weighted by molar-refractivity contribution is 7.87. The van der Waals surface area contributed by atoms with Gasteiger partial charge in [0.2, 0.25) is 10.7 Å². The molecule has 108 valence electrons. The molecule has 1 aromatic rings. The van der Waals surface area contributed by atoms with Crippen LogP contribution in [0.4, 0.5) is 26.3 Å². The summed E-state index contributed by atoms with van der Waals surface area (Å²) in [7, 11) is -6.12. The monoisotopic (exact) mass is 328 g/mol. The Morgan fingerprint density at radius 2 is 1.74 bits per heavy atom. The summed E-state index contributed by atoms with van der Waals surface area (Å²) >= 11 is 4.22. The van der Waals surface area contributed by atoms with Crippen LogP contribution in [0.5, 0.6) is 5.88 Å². The summed E-state index contributed by atoms with van der Waals surface area (Å²) in [6.07, 6.45) is -4.99. The molecule has 13 heteroatoms. The van der Waals surface area contributed by atoms with Gasteiger partial charge in [-0.2, -0.15) is 39.7 Å². The summed E-state index contributed by atoms with van der Waals surface area (Å²) in [5.74, 6) is -1.44. The third kappa shape index (κ3) is 3.79. The summed E-state index contributed by atoms with van der Waals surface area (Å²) in [5.41, 5.74) is -7.39. The predicted molar refractivity (Wildman–Crippen MR) is 50.0 cm³/mol. The van der Waals surface area contributed by atoms with E-state index in [0.29, 0.717) is 0 Å². The van der Waals surface area contributed by atoms with Gasteiger partial charge in [0.1, 0.15) is 5.69 Å². The molecule has 0 unspecified atom stereocenters. The van der Waals surface area contributed by atoms with Crippen LogP contribution in [-0.4, -0.2) is 23.9 Å². The summed E-state index contributed by atoms with van der Waals surface area (Å²) in [6, 6.07) is -0.0565. The predicted octanol–water partition coefficient (Wildman–Crippen LogP) is 2.39. The Hall–Kier alpha value is -1.37. The van der Waals surface area contributed by atoms with Crippen LogP contribution in [0.1, 0.15) is 5.69 Å². The zero-order chi connectivity index (χ0) is 15.1. The van der Waals surface area contributed by atoms with E-state index in [0.717, 1.165) is 0 Å². The SMILES string of the molecule is O=S(=O)(Oc1cc(C(F)(F)F)[nH]c(=S)n1)C(F)(F)F. The minimum atomic E-state index is -6.12. The standard InChI is InChI=1S/C6H2F6N2O3S2/c7-5(8,9)2-1-3(14-4(18)13-2)17-19(15,16)6(10,11)12/h1H,(H,13,14,18). The number of H-pyrrole nitrogens is 1. The maximum absolute atomic E-state index is 12.3.